The molecule has 0 spiro atoms. The summed E-state index contributed by atoms with van der Waals surface area (Å²) in [5.41, 5.74) is 1.18. The molecule has 0 aromatic heterocycles. The lowest BCUT2D eigenvalue weighted by atomic mass is 10.1. The third-order valence-corrected chi connectivity index (χ3v) is 3.78. The Morgan fingerprint density at radius 1 is 1.19 bits per heavy atom. The van der Waals surface area contributed by atoms with Gasteiger partial charge in [0.15, 0.2) is 0 Å². The first-order chi connectivity index (χ1) is 12.4. The van der Waals surface area contributed by atoms with Gasteiger partial charge in [0.05, 0.1) is 22.8 Å². The lowest BCUT2D eigenvalue weighted by Crippen LogP contribution is -2.16. The zero-order chi connectivity index (χ0) is 19.1. The summed E-state index contributed by atoms with van der Waals surface area (Å²) in [4.78, 5) is 35.0. The maximum Gasteiger partial charge on any atom is 0.340 e. The molecule has 2 aromatic rings. The molecule has 0 bridgehead atoms. The fraction of sp³-hybridized carbons (Fsp3) is 0.263. The number of aryl methyl sites for hydroxylation is 1. The zero-order valence-corrected chi connectivity index (χ0v) is 14.7. The normalized spacial score (nSPS) is 10.2. The molecule has 0 aliphatic heterocycles. The zero-order valence-electron chi connectivity index (χ0n) is 14.7. The van der Waals surface area contributed by atoms with E-state index >= 15 is 0 Å². The first-order valence-electron chi connectivity index (χ1n) is 8.26. The van der Waals surface area contributed by atoms with Crippen LogP contribution in [0.2, 0.25) is 0 Å². The fourth-order valence-electron chi connectivity index (χ4n) is 2.35. The molecule has 2 aromatic carbocycles. The van der Waals surface area contributed by atoms with Crippen LogP contribution in [0.1, 0.15) is 46.0 Å². The molecule has 0 saturated carbocycles. The monoisotopic (exact) mass is 356 g/mol. The van der Waals surface area contributed by atoms with Gasteiger partial charge in [-0.25, -0.2) is 4.79 Å². The van der Waals surface area contributed by atoms with E-state index in [1.54, 1.807) is 31.2 Å². The maximum absolute atomic E-state index is 12.4. The van der Waals surface area contributed by atoms with Gasteiger partial charge in [0, 0.05) is 17.2 Å². The molecule has 0 aliphatic carbocycles. The molecular formula is C19H20N2O5. The van der Waals surface area contributed by atoms with Crippen molar-refractivity contribution in [2.45, 2.75) is 26.7 Å². The smallest absolute Gasteiger partial charge is 0.340 e. The van der Waals surface area contributed by atoms with Gasteiger partial charge < -0.3 is 10.1 Å². The van der Waals surface area contributed by atoms with Crippen LogP contribution in [0, 0.1) is 17.0 Å². The summed E-state index contributed by atoms with van der Waals surface area (Å²) in [6.07, 6.45) is 1.67. The van der Waals surface area contributed by atoms with E-state index in [0.717, 1.165) is 12.8 Å². The topological polar surface area (TPSA) is 98.5 Å². The summed E-state index contributed by atoms with van der Waals surface area (Å²) in [5, 5.41) is 13.5. The predicted molar refractivity (Wildman–Crippen MR) is 97.4 cm³/mol. The van der Waals surface area contributed by atoms with Gasteiger partial charge in [0.2, 0.25) is 0 Å². The van der Waals surface area contributed by atoms with Crippen LogP contribution in [0.4, 0.5) is 11.4 Å². The second-order valence-corrected chi connectivity index (χ2v) is 5.75. The van der Waals surface area contributed by atoms with Gasteiger partial charge in [0.1, 0.15) is 0 Å². The Morgan fingerprint density at radius 2 is 1.92 bits per heavy atom. The van der Waals surface area contributed by atoms with Gasteiger partial charge in [-0.15, -0.1) is 0 Å². The number of benzene rings is 2. The van der Waals surface area contributed by atoms with Crippen molar-refractivity contribution >= 4 is 23.3 Å². The lowest BCUT2D eigenvalue weighted by molar-refractivity contribution is -0.385. The third kappa shape index (κ3) is 4.66. The van der Waals surface area contributed by atoms with E-state index in [4.69, 9.17) is 4.74 Å². The number of nitrogens with one attached hydrogen (secondary N) is 1. The van der Waals surface area contributed by atoms with Gasteiger partial charge in [-0.3, -0.25) is 14.9 Å². The number of ether oxygens (including phenoxy) is 1. The number of amides is 1. The Balaban J connectivity index is 2.18. The summed E-state index contributed by atoms with van der Waals surface area (Å²) in [5.74, 6) is -0.967. The number of unbranched alkanes of at least 4 members (excludes halogenated alkanes) is 1. The number of nitro benzene ring substituents is 1. The second-order valence-electron chi connectivity index (χ2n) is 5.75. The summed E-state index contributed by atoms with van der Waals surface area (Å²) < 4.78 is 5.19. The number of carbonyl (C=O) groups is 2. The number of esters is 1. The highest BCUT2D eigenvalue weighted by Crippen LogP contribution is 2.21. The lowest BCUT2D eigenvalue weighted by Gasteiger charge is -2.11. The van der Waals surface area contributed by atoms with E-state index < -0.39 is 16.8 Å². The molecule has 2 rings (SSSR count). The summed E-state index contributed by atoms with van der Waals surface area (Å²) in [6.45, 7) is 3.88. The van der Waals surface area contributed by atoms with Gasteiger partial charge >= 0.3 is 5.97 Å². The molecule has 7 heteroatoms. The van der Waals surface area contributed by atoms with Crippen LogP contribution in [0.5, 0.6) is 0 Å². The number of carbonyl (C=O) groups excluding carboxylic acids is 2. The van der Waals surface area contributed by atoms with Crippen molar-refractivity contribution < 1.29 is 19.2 Å². The van der Waals surface area contributed by atoms with E-state index in [9.17, 15) is 19.7 Å². The SMILES string of the molecule is CCCCOC(=O)c1ccccc1NC(=O)c1ccc([N+](=O)[O-])c(C)c1. The number of rotatable bonds is 7. The van der Waals surface area contributed by atoms with E-state index in [0.29, 0.717) is 17.9 Å². The highest BCUT2D eigenvalue weighted by Gasteiger charge is 2.17. The van der Waals surface area contributed by atoms with Gasteiger partial charge in [0.25, 0.3) is 11.6 Å². The largest absolute Gasteiger partial charge is 0.462 e. The van der Waals surface area contributed by atoms with Crippen LogP contribution < -0.4 is 5.32 Å². The van der Waals surface area contributed by atoms with E-state index in [1.165, 1.54) is 18.2 Å². The molecule has 7 nitrogen and oxygen atoms in total. The molecular weight excluding hydrogens is 336 g/mol. The molecule has 0 unspecified atom stereocenters. The molecule has 1 amide bonds. The Bertz CT molecular complexity index is 832. The number of para-hydroxylation sites is 1. The van der Waals surface area contributed by atoms with Crippen molar-refractivity contribution in [3.8, 4) is 0 Å². The molecule has 136 valence electrons. The second kappa shape index (κ2) is 8.75. The molecule has 1 N–H and O–H groups in total. The minimum Gasteiger partial charge on any atom is -0.462 e. The van der Waals surface area contributed by atoms with Crippen molar-refractivity contribution in [3.63, 3.8) is 0 Å². The van der Waals surface area contributed by atoms with Crippen molar-refractivity contribution in [2.24, 2.45) is 0 Å². The van der Waals surface area contributed by atoms with Crippen LogP contribution in [0.3, 0.4) is 0 Å². The standard InChI is InChI=1S/C19H20N2O5/c1-3-4-11-26-19(23)15-7-5-6-8-16(15)20-18(22)14-9-10-17(21(24)25)13(2)12-14/h5-10,12H,3-4,11H2,1-2H3,(H,20,22). The predicted octanol–water partition coefficient (Wildman–Crippen LogP) is 4.11. The maximum atomic E-state index is 12.4. The Morgan fingerprint density at radius 3 is 2.58 bits per heavy atom. The van der Waals surface area contributed by atoms with Crippen molar-refractivity contribution in [3.05, 3.63) is 69.3 Å². The van der Waals surface area contributed by atoms with Gasteiger partial charge in [-0.05, 0) is 37.6 Å². The van der Waals surface area contributed by atoms with E-state index in [1.807, 2.05) is 6.92 Å². The van der Waals surface area contributed by atoms with Crippen molar-refractivity contribution in [1.29, 1.82) is 0 Å². The number of nitro groups is 1. The number of hydrogen-bond donors (Lipinski definition) is 1. The first-order valence-corrected chi connectivity index (χ1v) is 8.26. The van der Waals surface area contributed by atoms with Crippen molar-refractivity contribution in [1.82, 2.24) is 0 Å². The van der Waals surface area contributed by atoms with Crippen LogP contribution in [0.25, 0.3) is 0 Å². The molecule has 0 fully saturated rings. The quantitative estimate of drug-likeness (QED) is 0.348. The number of anilines is 1. The molecule has 0 atom stereocenters. The average Bonchev–Trinajstić information content (AvgIpc) is 2.61. The average molecular weight is 356 g/mol. The Labute approximate surface area is 151 Å². The highest BCUT2D eigenvalue weighted by molar-refractivity contribution is 6.08. The minimum atomic E-state index is -0.505. The van der Waals surface area contributed by atoms with Crippen LogP contribution in [-0.4, -0.2) is 23.4 Å². The first kappa shape index (κ1) is 19.1. The third-order valence-electron chi connectivity index (χ3n) is 3.78. The molecule has 26 heavy (non-hydrogen) atoms. The van der Waals surface area contributed by atoms with Gasteiger partial charge in [-0.2, -0.15) is 0 Å². The fourth-order valence-corrected chi connectivity index (χ4v) is 2.35. The molecule has 0 heterocycles. The summed E-state index contributed by atoms with van der Waals surface area (Å²) in [6, 6.07) is 10.7. The van der Waals surface area contributed by atoms with E-state index in [2.05, 4.69) is 5.32 Å². The minimum absolute atomic E-state index is 0.0542. The van der Waals surface area contributed by atoms with Crippen molar-refractivity contribution in [2.75, 3.05) is 11.9 Å². The molecule has 0 radical (unpaired) electrons. The van der Waals surface area contributed by atoms with E-state index in [-0.39, 0.29) is 16.8 Å². The summed E-state index contributed by atoms with van der Waals surface area (Å²) in [7, 11) is 0. The number of nitrogens with zero attached hydrogens (tertiary/aromatic N) is 1. The molecule has 0 aliphatic rings. The molecule has 0 saturated heterocycles. The Hall–Kier alpha value is -3.22. The van der Waals surface area contributed by atoms with Crippen LogP contribution in [0.15, 0.2) is 42.5 Å². The summed E-state index contributed by atoms with van der Waals surface area (Å²) >= 11 is 0. The number of hydrogen-bond acceptors (Lipinski definition) is 5. The van der Waals surface area contributed by atoms with Crippen LogP contribution >= 0.6 is 0 Å². The van der Waals surface area contributed by atoms with Gasteiger partial charge in [-0.1, -0.05) is 25.5 Å². The highest BCUT2D eigenvalue weighted by atomic mass is 16.6. The Kier molecular flexibility index (Phi) is 6.43. The van der Waals surface area contributed by atoms with Crippen LogP contribution in [-0.2, 0) is 4.74 Å².